The monoisotopic (exact) mass is 287 g/mol. The molecule has 15 heavy (non-hydrogen) atoms. The maximum Gasteiger partial charge on any atom is 0.0501 e. The van der Waals surface area contributed by atoms with E-state index in [0.29, 0.717) is 6.04 Å². The smallest absolute Gasteiger partial charge is 0.0501 e. The summed E-state index contributed by atoms with van der Waals surface area (Å²) in [6, 6.07) is 6.47. The minimum absolute atomic E-state index is 0.606. The van der Waals surface area contributed by atoms with Gasteiger partial charge in [0, 0.05) is 15.5 Å². The highest BCUT2D eigenvalue weighted by atomic mass is 79.9. The lowest BCUT2D eigenvalue weighted by Crippen LogP contribution is -2.15. The van der Waals surface area contributed by atoms with Crippen LogP contribution in [0, 0.1) is 5.92 Å². The zero-order valence-corrected chi connectivity index (χ0v) is 11.1. The summed E-state index contributed by atoms with van der Waals surface area (Å²) >= 11 is 9.50. The number of benzene rings is 1. The first kappa shape index (κ1) is 11.3. The molecule has 2 atom stereocenters. The molecule has 1 aliphatic carbocycles. The van der Waals surface area contributed by atoms with Crippen molar-refractivity contribution < 1.29 is 0 Å². The van der Waals surface area contributed by atoms with E-state index in [1.165, 1.54) is 19.3 Å². The molecule has 1 N–H and O–H groups in total. The molecule has 1 aromatic rings. The molecule has 0 bridgehead atoms. The quantitative estimate of drug-likeness (QED) is 0.831. The van der Waals surface area contributed by atoms with E-state index in [1.54, 1.807) is 0 Å². The van der Waals surface area contributed by atoms with Crippen LogP contribution in [0.25, 0.3) is 0 Å². The maximum absolute atomic E-state index is 5.97. The van der Waals surface area contributed by atoms with Crippen LogP contribution in [0.15, 0.2) is 22.7 Å². The van der Waals surface area contributed by atoms with Crippen LogP contribution < -0.4 is 5.32 Å². The Morgan fingerprint density at radius 1 is 1.40 bits per heavy atom. The van der Waals surface area contributed by atoms with Crippen molar-refractivity contribution in [3.63, 3.8) is 0 Å². The zero-order chi connectivity index (χ0) is 10.8. The second-order valence-corrected chi connectivity index (χ2v) is 5.67. The van der Waals surface area contributed by atoms with E-state index in [9.17, 15) is 0 Å². The molecular formula is C12H15BrClN. The molecule has 1 aliphatic rings. The molecule has 82 valence electrons. The predicted molar refractivity (Wildman–Crippen MR) is 69.6 cm³/mol. The van der Waals surface area contributed by atoms with Crippen LogP contribution in [0.1, 0.15) is 26.2 Å². The number of nitrogens with one attached hydrogen (secondary N) is 1. The predicted octanol–water partition coefficient (Wildman–Crippen LogP) is 4.70. The first-order chi connectivity index (χ1) is 7.15. The number of halogens is 2. The van der Waals surface area contributed by atoms with Crippen molar-refractivity contribution in [2.24, 2.45) is 5.92 Å². The van der Waals surface area contributed by atoms with Crippen molar-refractivity contribution in [1.29, 1.82) is 0 Å². The van der Waals surface area contributed by atoms with Gasteiger partial charge in [-0.05, 0) is 59.3 Å². The lowest BCUT2D eigenvalue weighted by atomic mass is 10.1. The highest BCUT2D eigenvalue weighted by Crippen LogP contribution is 2.31. The van der Waals surface area contributed by atoms with Crippen molar-refractivity contribution in [1.82, 2.24) is 0 Å². The number of hydrogen-bond donors (Lipinski definition) is 1. The van der Waals surface area contributed by atoms with Gasteiger partial charge in [-0.25, -0.2) is 0 Å². The lowest BCUT2D eigenvalue weighted by molar-refractivity contribution is 0.602. The Labute approximate surface area is 104 Å². The van der Waals surface area contributed by atoms with Gasteiger partial charge in [-0.2, -0.15) is 0 Å². The summed E-state index contributed by atoms with van der Waals surface area (Å²) in [5, 5.41) is 4.33. The minimum Gasteiger partial charge on any atom is -0.381 e. The van der Waals surface area contributed by atoms with E-state index in [2.05, 4.69) is 28.2 Å². The molecule has 0 heterocycles. The van der Waals surface area contributed by atoms with Crippen LogP contribution in [0.3, 0.4) is 0 Å². The van der Waals surface area contributed by atoms with E-state index in [4.69, 9.17) is 11.6 Å². The van der Waals surface area contributed by atoms with Crippen LogP contribution in [-0.4, -0.2) is 6.04 Å². The van der Waals surface area contributed by atoms with Gasteiger partial charge in [0.25, 0.3) is 0 Å². The minimum atomic E-state index is 0.606. The van der Waals surface area contributed by atoms with Gasteiger partial charge in [0.15, 0.2) is 0 Å². The van der Waals surface area contributed by atoms with Crippen molar-refractivity contribution in [2.45, 2.75) is 32.2 Å². The average Bonchev–Trinajstić information content (AvgIpc) is 2.58. The van der Waals surface area contributed by atoms with Crippen molar-refractivity contribution in [3.05, 3.63) is 27.7 Å². The summed E-state index contributed by atoms with van der Waals surface area (Å²) in [6.45, 7) is 2.31. The van der Waals surface area contributed by atoms with Gasteiger partial charge in [0.1, 0.15) is 0 Å². The fraction of sp³-hybridized carbons (Fsp3) is 0.500. The third-order valence-corrected chi connectivity index (χ3v) is 3.91. The van der Waals surface area contributed by atoms with E-state index in [-0.39, 0.29) is 0 Å². The Morgan fingerprint density at radius 2 is 2.20 bits per heavy atom. The van der Waals surface area contributed by atoms with Gasteiger partial charge in [0.2, 0.25) is 0 Å². The number of rotatable bonds is 2. The molecule has 0 spiro atoms. The maximum atomic E-state index is 5.97. The molecule has 0 saturated heterocycles. The van der Waals surface area contributed by atoms with Crippen LogP contribution in [0.4, 0.5) is 5.69 Å². The van der Waals surface area contributed by atoms with Gasteiger partial charge in [-0.15, -0.1) is 0 Å². The molecule has 0 aliphatic heterocycles. The zero-order valence-electron chi connectivity index (χ0n) is 8.76. The van der Waals surface area contributed by atoms with Gasteiger partial charge in [0.05, 0.1) is 5.69 Å². The molecule has 3 heteroatoms. The van der Waals surface area contributed by atoms with Crippen LogP contribution in [-0.2, 0) is 0 Å². The van der Waals surface area contributed by atoms with Crippen LogP contribution in [0.5, 0.6) is 0 Å². The molecule has 0 radical (unpaired) electrons. The van der Waals surface area contributed by atoms with Crippen LogP contribution in [0.2, 0.25) is 5.02 Å². The Kier molecular flexibility index (Phi) is 3.57. The Hall–Kier alpha value is -0.210. The van der Waals surface area contributed by atoms with Gasteiger partial charge >= 0.3 is 0 Å². The number of anilines is 1. The third-order valence-electron chi connectivity index (χ3n) is 2.98. The molecule has 1 saturated carbocycles. The normalized spacial score (nSPS) is 25.5. The molecule has 2 rings (SSSR count). The first-order valence-electron chi connectivity index (χ1n) is 5.37. The van der Waals surface area contributed by atoms with Gasteiger partial charge in [-0.3, -0.25) is 0 Å². The standard InChI is InChI=1S/C12H15BrClN/c1-8-2-4-10(6-8)15-12-7-9(14)3-5-11(12)13/h3,5,7-8,10,15H,2,4,6H2,1H3. The SMILES string of the molecule is CC1CCC(Nc2cc(Cl)ccc2Br)C1. The summed E-state index contributed by atoms with van der Waals surface area (Å²) in [4.78, 5) is 0. The Morgan fingerprint density at radius 3 is 2.87 bits per heavy atom. The molecule has 1 nitrogen and oxygen atoms in total. The van der Waals surface area contributed by atoms with Crippen molar-refractivity contribution in [2.75, 3.05) is 5.32 Å². The lowest BCUT2D eigenvalue weighted by Gasteiger charge is -2.15. The molecule has 1 fully saturated rings. The van der Waals surface area contributed by atoms with E-state index < -0.39 is 0 Å². The van der Waals surface area contributed by atoms with Crippen LogP contribution >= 0.6 is 27.5 Å². The summed E-state index contributed by atoms with van der Waals surface area (Å²) in [5.74, 6) is 0.848. The summed E-state index contributed by atoms with van der Waals surface area (Å²) < 4.78 is 1.09. The second kappa shape index (κ2) is 4.75. The molecule has 2 unspecified atom stereocenters. The number of hydrogen-bond acceptors (Lipinski definition) is 1. The fourth-order valence-corrected chi connectivity index (χ4v) is 2.70. The van der Waals surface area contributed by atoms with E-state index in [0.717, 1.165) is 21.1 Å². The van der Waals surface area contributed by atoms with E-state index in [1.807, 2.05) is 18.2 Å². The largest absolute Gasteiger partial charge is 0.381 e. The fourth-order valence-electron chi connectivity index (χ4n) is 2.17. The summed E-state index contributed by atoms with van der Waals surface area (Å²) in [5.41, 5.74) is 1.11. The highest BCUT2D eigenvalue weighted by Gasteiger charge is 2.21. The molecule has 0 aromatic heterocycles. The van der Waals surface area contributed by atoms with Crippen molar-refractivity contribution in [3.8, 4) is 0 Å². The molecular weight excluding hydrogens is 273 g/mol. The third kappa shape index (κ3) is 2.88. The molecule has 1 aromatic carbocycles. The summed E-state index contributed by atoms with van der Waals surface area (Å²) in [6.07, 6.45) is 3.86. The summed E-state index contributed by atoms with van der Waals surface area (Å²) in [7, 11) is 0. The topological polar surface area (TPSA) is 12.0 Å². The van der Waals surface area contributed by atoms with Crippen molar-refractivity contribution >= 4 is 33.2 Å². The Bertz CT molecular complexity index is 353. The van der Waals surface area contributed by atoms with E-state index >= 15 is 0 Å². The van der Waals surface area contributed by atoms with Gasteiger partial charge < -0.3 is 5.32 Å². The Balaban J connectivity index is 2.07. The highest BCUT2D eigenvalue weighted by molar-refractivity contribution is 9.10. The van der Waals surface area contributed by atoms with Gasteiger partial charge in [-0.1, -0.05) is 18.5 Å². The molecule has 0 amide bonds. The average molecular weight is 289 g/mol. The first-order valence-corrected chi connectivity index (χ1v) is 6.54. The second-order valence-electron chi connectivity index (χ2n) is 4.38.